The van der Waals surface area contributed by atoms with Gasteiger partial charge in [0.15, 0.2) is 0 Å². The molecule has 1 unspecified atom stereocenters. The molecule has 92 valence electrons. The third-order valence-corrected chi connectivity index (χ3v) is 2.36. The Balaban J connectivity index is 2.63. The second-order valence-electron chi connectivity index (χ2n) is 3.78. The zero-order valence-electron chi connectivity index (χ0n) is 10.9. The van der Waals surface area contributed by atoms with E-state index in [1.165, 1.54) is 0 Å². The predicted molar refractivity (Wildman–Crippen MR) is 70.4 cm³/mol. The van der Waals surface area contributed by atoms with Crippen molar-refractivity contribution < 1.29 is 4.74 Å². The number of aryl methyl sites for hydroxylation is 1. The highest BCUT2D eigenvalue weighted by molar-refractivity contribution is 5.18. The minimum Gasteiger partial charge on any atom is -0.486 e. The first-order chi connectivity index (χ1) is 8.17. The first kappa shape index (κ1) is 13.3. The molecular weight excluding hydrogens is 212 g/mol. The Morgan fingerprint density at radius 2 is 2.18 bits per heavy atom. The lowest BCUT2D eigenvalue weighted by Crippen LogP contribution is -1.97. The summed E-state index contributed by atoms with van der Waals surface area (Å²) in [7, 11) is 1.90. The summed E-state index contributed by atoms with van der Waals surface area (Å²) in [6.07, 6.45) is 13.6. The van der Waals surface area contributed by atoms with Crippen LogP contribution in [0, 0.1) is 0 Å². The van der Waals surface area contributed by atoms with Crippen molar-refractivity contribution in [3.8, 4) is 0 Å². The van der Waals surface area contributed by atoms with Gasteiger partial charge in [-0.2, -0.15) is 5.10 Å². The molecule has 1 heterocycles. The molecule has 0 radical (unpaired) electrons. The lowest BCUT2D eigenvalue weighted by atomic mass is 10.2. The summed E-state index contributed by atoms with van der Waals surface area (Å²) in [6, 6.07) is 0. The maximum absolute atomic E-state index is 5.83. The van der Waals surface area contributed by atoms with Crippen LogP contribution in [0.2, 0.25) is 0 Å². The van der Waals surface area contributed by atoms with E-state index in [1.807, 2.05) is 70.6 Å². The SMILES string of the molecule is C\C=C/C=C\C(=C/C)OC(C)c1cnn(C)c1. The Morgan fingerprint density at radius 3 is 2.71 bits per heavy atom. The lowest BCUT2D eigenvalue weighted by Gasteiger charge is -2.13. The van der Waals surface area contributed by atoms with Crippen molar-refractivity contribution in [2.45, 2.75) is 26.9 Å². The van der Waals surface area contributed by atoms with Crippen molar-refractivity contribution in [2.24, 2.45) is 7.05 Å². The van der Waals surface area contributed by atoms with Gasteiger partial charge >= 0.3 is 0 Å². The van der Waals surface area contributed by atoms with Crippen LogP contribution in [0.1, 0.15) is 32.4 Å². The van der Waals surface area contributed by atoms with Crippen molar-refractivity contribution in [2.75, 3.05) is 0 Å². The van der Waals surface area contributed by atoms with Crippen LogP contribution < -0.4 is 0 Å². The Morgan fingerprint density at radius 1 is 1.41 bits per heavy atom. The molecule has 3 heteroatoms. The Kier molecular flexibility index (Phi) is 5.27. The molecule has 3 nitrogen and oxygen atoms in total. The molecule has 0 fully saturated rings. The number of rotatable bonds is 5. The van der Waals surface area contributed by atoms with Crippen LogP contribution in [0.25, 0.3) is 0 Å². The molecule has 0 N–H and O–H groups in total. The minimum absolute atomic E-state index is 0.00477. The molecule has 0 saturated heterocycles. The highest BCUT2D eigenvalue weighted by atomic mass is 16.5. The zero-order chi connectivity index (χ0) is 12.7. The molecule has 0 aliphatic heterocycles. The number of ether oxygens (including phenoxy) is 1. The van der Waals surface area contributed by atoms with E-state index < -0.39 is 0 Å². The van der Waals surface area contributed by atoms with Gasteiger partial charge in [-0.05, 0) is 32.9 Å². The quantitative estimate of drug-likeness (QED) is 0.573. The average Bonchev–Trinajstić information content (AvgIpc) is 2.74. The molecule has 1 aromatic rings. The van der Waals surface area contributed by atoms with Crippen molar-refractivity contribution in [1.82, 2.24) is 9.78 Å². The van der Waals surface area contributed by atoms with Gasteiger partial charge in [0, 0.05) is 18.8 Å². The maximum Gasteiger partial charge on any atom is 0.124 e. The smallest absolute Gasteiger partial charge is 0.124 e. The number of nitrogens with zero attached hydrogens (tertiary/aromatic N) is 2. The second-order valence-corrected chi connectivity index (χ2v) is 3.78. The van der Waals surface area contributed by atoms with E-state index in [1.54, 1.807) is 4.68 Å². The monoisotopic (exact) mass is 232 g/mol. The van der Waals surface area contributed by atoms with Crippen LogP contribution in [-0.4, -0.2) is 9.78 Å². The molecule has 0 saturated carbocycles. The van der Waals surface area contributed by atoms with Gasteiger partial charge in [0.2, 0.25) is 0 Å². The van der Waals surface area contributed by atoms with E-state index in [-0.39, 0.29) is 6.10 Å². The van der Waals surface area contributed by atoms with Gasteiger partial charge in [0.1, 0.15) is 11.9 Å². The first-order valence-electron chi connectivity index (χ1n) is 5.78. The molecular formula is C14H20N2O. The molecule has 0 aromatic carbocycles. The highest BCUT2D eigenvalue weighted by Gasteiger charge is 2.08. The molecule has 1 rings (SSSR count). The molecule has 0 aliphatic carbocycles. The molecule has 0 aliphatic rings. The molecule has 0 bridgehead atoms. The number of aromatic nitrogens is 2. The maximum atomic E-state index is 5.83. The number of hydrogen-bond acceptors (Lipinski definition) is 2. The van der Waals surface area contributed by atoms with E-state index in [2.05, 4.69) is 5.10 Å². The molecule has 17 heavy (non-hydrogen) atoms. The molecule has 0 spiro atoms. The van der Waals surface area contributed by atoms with Crippen molar-refractivity contribution >= 4 is 0 Å². The lowest BCUT2D eigenvalue weighted by molar-refractivity contribution is 0.142. The molecule has 1 aromatic heterocycles. The Hall–Kier alpha value is -1.77. The zero-order valence-corrected chi connectivity index (χ0v) is 10.9. The normalized spacial score (nSPS) is 14.7. The summed E-state index contributed by atoms with van der Waals surface area (Å²) in [6.45, 7) is 5.97. The summed E-state index contributed by atoms with van der Waals surface area (Å²) in [4.78, 5) is 0. The van der Waals surface area contributed by atoms with Gasteiger partial charge in [-0.15, -0.1) is 0 Å². The first-order valence-corrected chi connectivity index (χ1v) is 5.78. The summed E-state index contributed by atoms with van der Waals surface area (Å²) in [5, 5.41) is 4.13. The third-order valence-electron chi connectivity index (χ3n) is 2.36. The highest BCUT2D eigenvalue weighted by Crippen LogP contribution is 2.19. The van der Waals surface area contributed by atoms with Crippen LogP contribution in [0.5, 0.6) is 0 Å². The van der Waals surface area contributed by atoms with Gasteiger partial charge in [0.05, 0.1) is 6.20 Å². The van der Waals surface area contributed by atoms with Gasteiger partial charge < -0.3 is 4.74 Å². The summed E-state index contributed by atoms with van der Waals surface area (Å²) in [5.41, 5.74) is 1.08. The van der Waals surface area contributed by atoms with Crippen molar-refractivity contribution in [1.29, 1.82) is 0 Å². The van der Waals surface area contributed by atoms with Crippen LogP contribution in [0.3, 0.4) is 0 Å². The van der Waals surface area contributed by atoms with Crippen molar-refractivity contribution in [3.63, 3.8) is 0 Å². The Bertz CT molecular complexity index is 427. The van der Waals surface area contributed by atoms with E-state index in [0.717, 1.165) is 11.3 Å². The van der Waals surface area contributed by atoms with Crippen LogP contribution in [0.4, 0.5) is 0 Å². The largest absolute Gasteiger partial charge is 0.486 e. The predicted octanol–water partition coefficient (Wildman–Crippen LogP) is 3.53. The second kappa shape index (κ2) is 6.74. The van der Waals surface area contributed by atoms with Crippen LogP contribution in [-0.2, 0) is 11.8 Å². The van der Waals surface area contributed by atoms with E-state index >= 15 is 0 Å². The van der Waals surface area contributed by atoms with Gasteiger partial charge in [-0.25, -0.2) is 0 Å². The van der Waals surface area contributed by atoms with Crippen LogP contribution >= 0.6 is 0 Å². The van der Waals surface area contributed by atoms with Crippen LogP contribution in [0.15, 0.2) is 48.5 Å². The number of hydrogen-bond donors (Lipinski definition) is 0. The molecule has 1 atom stereocenters. The van der Waals surface area contributed by atoms with Crippen molar-refractivity contribution in [3.05, 3.63) is 54.1 Å². The topological polar surface area (TPSA) is 27.1 Å². The number of allylic oxidation sites excluding steroid dienone is 5. The van der Waals surface area contributed by atoms with E-state index in [0.29, 0.717) is 0 Å². The van der Waals surface area contributed by atoms with Gasteiger partial charge in [-0.3, -0.25) is 4.68 Å². The average molecular weight is 232 g/mol. The molecule has 0 amide bonds. The van der Waals surface area contributed by atoms with E-state index in [9.17, 15) is 0 Å². The summed E-state index contributed by atoms with van der Waals surface area (Å²) in [5.74, 6) is 0.861. The summed E-state index contributed by atoms with van der Waals surface area (Å²) >= 11 is 0. The fourth-order valence-electron chi connectivity index (χ4n) is 1.39. The van der Waals surface area contributed by atoms with Gasteiger partial charge in [0.25, 0.3) is 0 Å². The van der Waals surface area contributed by atoms with Gasteiger partial charge in [-0.1, -0.05) is 18.2 Å². The fraction of sp³-hybridized carbons (Fsp3) is 0.357. The van der Waals surface area contributed by atoms with E-state index in [4.69, 9.17) is 4.74 Å². The standard InChI is InChI=1S/C14H20N2O/c1-5-7-8-9-14(6-2)17-12(3)13-10-15-16(4)11-13/h5-12H,1-4H3/b7-5-,9-8-,14-6+. The fourth-order valence-corrected chi connectivity index (χ4v) is 1.39. The minimum atomic E-state index is 0.00477. The Labute approximate surface area is 103 Å². The third kappa shape index (κ3) is 4.31. The summed E-state index contributed by atoms with van der Waals surface area (Å²) < 4.78 is 7.61.